The summed E-state index contributed by atoms with van der Waals surface area (Å²) in [6.45, 7) is 0.329. The molecule has 88 valence electrons. The molecule has 1 heterocycles. The lowest BCUT2D eigenvalue weighted by Crippen LogP contribution is -2.12. The summed E-state index contributed by atoms with van der Waals surface area (Å²) in [6, 6.07) is 7.39. The van der Waals surface area contributed by atoms with Crippen LogP contribution in [0.3, 0.4) is 0 Å². The molecule has 0 aliphatic heterocycles. The van der Waals surface area contributed by atoms with Crippen molar-refractivity contribution in [2.75, 3.05) is 0 Å². The Morgan fingerprint density at radius 2 is 2.24 bits per heavy atom. The Balaban J connectivity index is 2.14. The maximum absolute atomic E-state index is 5.63. The smallest absolute Gasteiger partial charge is 0.164 e. The van der Waals surface area contributed by atoms with Crippen LogP contribution in [0.1, 0.15) is 11.4 Å². The fraction of sp³-hybridized carbons (Fsp3) is 0.182. The Morgan fingerprint density at radius 1 is 1.47 bits per heavy atom. The maximum Gasteiger partial charge on any atom is 0.164 e. The first-order valence-corrected chi connectivity index (χ1v) is 5.44. The molecule has 0 spiro atoms. The average Bonchev–Trinajstić information content (AvgIpc) is 2.72. The van der Waals surface area contributed by atoms with Gasteiger partial charge in [-0.25, -0.2) is 4.98 Å². The van der Waals surface area contributed by atoms with E-state index in [9.17, 15) is 0 Å². The van der Waals surface area contributed by atoms with Crippen molar-refractivity contribution in [2.24, 2.45) is 12.8 Å². The number of nitrogens with zero attached hydrogens (tertiary/aromatic N) is 3. The lowest BCUT2D eigenvalue weighted by Gasteiger charge is -2.09. The number of nitrogens with two attached hydrogens (primary N) is 1. The number of hydrogen-bond donors (Lipinski definition) is 1. The van der Waals surface area contributed by atoms with E-state index in [-0.39, 0.29) is 0 Å². The van der Waals surface area contributed by atoms with Gasteiger partial charge < -0.3 is 10.5 Å². The number of rotatable bonds is 4. The lowest BCUT2D eigenvalue weighted by molar-refractivity contribution is 0.289. The van der Waals surface area contributed by atoms with Crippen LogP contribution in [0.15, 0.2) is 30.6 Å². The first-order valence-electron chi connectivity index (χ1n) is 5.03. The quantitative estimate of drug-likeness (QED) is 0.819. The van der Waals surface area contributed by atoms with Crippen LogP contribution >= 0.6 is 12.2 Å². The molecule has 0 aliphatic carbocycles. The van der Waals surface area contributed by atoms with E-state index in [1.165, 1.54) is 6.33 Å². The summed E-state index contributed by atoms with van der Waals surface area (Å²) < 4.78 is 7.29. The molecule has 0 aliphatic rings. The molecule has 0 radical (unpaired) electrons. The van der Waals surface area contributed by atoms with Crippen LogP contribution in [-0.4, -0.2) is 19.8 Å². The number of hydrogen-bond acceptors (Lipinski definition) is 4. The van der Waals surface area contributed by atoms with Gasteiger partial charge in [-0.15, -0.1) is 0 Å². The van der Waals surface area contributed by atoms with Crippen LogP contribution < -0.4 is 10.5 Å². The first kappa shape index (κ1) is 11.5. The van der Waals surface area contributed by atoms with Crippen molar-refractivity contribution >= 4 is 17.2 Å². The van der Waals surface area contributed by atoms with Crippen LogP contribution in [-0.2, 0) is 13.7 Å². The number of aromatic nitrogens is 3. The summed E-state index contributed by atoms with van der Waals surface area (Å²) in [5, 5.41) is 3.96. The second-order valence-corrected chi connectivity index (χ2v) is 3.89. The van der Waals surface area contributed by atoms with E-state index in [1.807, 2.05) is 31.3 Å². The summed E-state index contributed by atoms with van der Waals surface area (Å²) in [5.41, 5.74) is 6.34. The number of ether oxygens (including phenoxy) is 1. The Labute approximate surface area is 104 Å². The van der Waals surface area contributed by atoms with Crippen molar-refractivity contribution in [1.29, 1.82) is 0 Å². The summed E-state index contributed by atoms with van der Waals surface area (Å²) in [5.74, 6) is 1.39. The molecule has 17 heavy (non-hydrogen) atoms. The highest BCUT2D eigenvalue weighted by atomic mass is 32.1. The molecule has 0 atom stereocenters. The van der Waals surface area contributed by atoms with E-state index in [1.54, 1.807) is 4.68 Å². The van der Waals surface area contributed by atoms with Gasteiger partial charge in [0.2, 0.25) is 0 Å². The van der Waals surface area contributed by atoms with Gasteiger partial charge in [-0.2, -0.15) is 5.10 Å². The number of thiocarbonyl (C=S) groups is 1. The standard InChI is InChI=1S/C11H12N4OS/c1-15-10(13-7-14-15)6-16-9-5-3-2-4-8(9)11(12)17/h2-5,7H,6H2,1H3,(H2,12,17). The Hall–Kier alpha value is -1.95. The molecule has 1 aromatic heterocycles. The van der Waals surface area contributed by atoms with Crippen LogP contribution in [0, 0.1) is 0 Å². The molecule has 0 unspecified atom stereocenters. The van der Waals surface area contributed by atoms with Gasteiger partial charge in [-0.05, 0) is 12.1 Å². The monoisotopic (exact) mass is 248 g/mol. The third kappa shape index (κ3) is 2.59. The van der Waals surface area contributed by atoms with E-state index in [2.05, 4.69) is 10.1 Å². The van der Waals surface area contributed by atoms with E-state index < -0.39 is 0 Å². The second kappa shape index (κ2) is 4.92. The molecule has 2 aromatic rings. The summed E-state index contributed by atoms with van der Waals surface area (Å²) in [7, 11) is 1.81. The lowest BCUT2D eigenvalue weighted by atomic mass is 10.2. The minimum absolute atomic E-state index is 0.318. The van der Waals surface area contributed by atoms with E-state index in [0.717, 1.165) is 11.4 Å². The Bertz CT molecular complexity index is 538. The number of benzene rings is 1. The van der Waals surface area contributed by atoms with Gasteiger partial charge in [0.05, 0.1) is 5.56 Å². The summed E-state index contributed by atoms with van der Waals surface area (Å²) in [4.78, 5) is 4.39. The third-order valence-corrected chi connectivity index (χ3v) is 2.53. The van der Waals surface area contributed by atoms with Gasteiger partial charge in [0, 0.05) is 7.05 Å². The highest BCUT2D eigenvalue weighted by Gasteiger charge is 2.07. The van der Waals surface area contributed by atoms with E-state index in [4.69, 9.17) is 22.7 Å². The zero-order valence-corrected chi connectivity index (χ0v) is 10.1. The summed E-state index contributed by atoms with van der Waals surface area (Å²) >= 11 is 4.95. The van der Waals surface area contributed by atoms with Gasteiger partial charge in [-0.3, -0.25) is 4.68 Å². The zero-order valence-electron chi connectivity index (χ0n) is 9.33. The highest BCUT2D eigenvalue weighted by Crippen LogP contribution is 2.18. The van der Waals surface area contributed by atoms with Crippen molar-refractivity contribution < 1.29 is 4.74 Å². The van der Waals surface area contributed by atoms with Crippen molar-refractivity contribution in [3.63, 3.8) is 0 Å². The van der Waals surface area contributed by atoms with Crippen molar-refractivity contribution in [2.45, 2.75) is 6.61 Å². The van der Waals surface area contributed by atoms with Gasteiger partial charge in [0.15, 0.2) is 5.82 Å². The third-order valence-electron chi connectivity index (χ3n) is 2.31. The first-order chi connectivity index (χ1) is 8.18. The fourth-order valence-corrected chi connectivity index (χ4v) is 1.56. The molecular weight excluding hydrogens is 236 g/mol. The van der Waals surface area contributed by atoms with Crippen molar-refractivity contribution in [3.8, 4) is 5.75 Å². The predicted molar refractivity (Wildman–Crippen MR) is 67.7 cm³/mol. The fourth-order valence-electron chi connectivity index (χ4n) is 1.39. The predicted octanol–water partition coefficient (Wildman–Crippen LogP) is 1.03. The summed E-state index contributed by atoms with van der Waals surface area (Å²) in [6.07, 6.45) is 1.48. The zero-order chi connectivity index (χ0) is 12.3. The molecule has 0 bridgehead atoms. The number of para-hydroxylation sites is 1. The Morgan fingerprint density at radius 3 is 2.88 bits per heavy atom. The molecule has 5 nitrogen and oxygen atoms in total. The van der Waals surface area contributed by atoms with E-state index >= 15 is 0 Å². The molecule has 0 saturated carbocycles. The molecule has 2 rings (SSSR count). The molecule has 0 saturated heterocycles. The van der Waals surface area contributed by atoms with Crippen LogP contribution in [0.5, 0.6) is 5.75 Å². The topological polar surface area (TPSA) is 66.0 Å². The largest absolute Gasteiger partial charge is 0.485 e. The maximum atomic E-state index is 5.63. The molecule has 6 heteroatoms. The molecule has 1 aromatic carbocycles. The highest BCUT2D eigenvalue weighted by molar-refractivity contribution is 7.80. The second-order valence-electron chi connectivity index (χ2n) is 3.45. The van der Waals surface area contributed by atoms with Crippen molar-refractivity contribution in [1.82, 2.24) is 14.8 Å². The van der Waals surface area contributed by atoms with Gasteiger partial charge in [-0.1, -0.05) is 24.4 Å². The average molecular weight is 248 g/mol. The molecular formula is C11H12N4OS. The molecule has 0 amide bonds. The Kier molecular flexibility index (Phi) is 3.34. The van der Waals surface area contributed by atoms with Gasteiger partial charge in [0.1, 0.15) is 23.7 Å². The normalized spacial score (nSPS) is 10.2. The minimum atomic E-state index is 0.318. The van der Waals surface area contributed by atoms with Gasteiger partial charge >= 0.3 is 0 Å². The molecule has 2 N–H and O–H groups in total. The number of aryl methyl sites for hydroxylation is 1. The minimum Gasteiger partial charge on any atom is -0.485 e. The molecule has 0 fully saturated rings. The van der Waals surface area contributed by atoms with Crippen LogP contribution in [0.25, 0.3) is 0 Å². The van der Waals surface area contributed by atoms with Gasteiger partial charge in [0.25, 0.3) is 0 Å². The van der Waals surface area contributed by atoms with Crippen LogP contribution in [0.4, 0.5) is 0 Å². The van der Waals surface area contributed by atoms with E-state index in [0.29, 0.717) is 17.3 Å². The van der Waals surface area contributed by atoms with Crippen LogP contribution in [0.2, 0.25) is 0 Å². The van der Waals surface area contributed by atoms with Crippen molar-refractivity contribution in [3.05, 3.63) is 42.0 Å². The SMILES string of the molecule is Cn1ncnc1COc1ccccc1C(N)=S.